The summed E-state index contributed by atoms with van der Waals surface area (Å²) in [4.78, 5) is 18.3. The van der Waals surface area contributed by atoms with E-state index in [9.17, 15) is 0 Å². The molecule has 1 fully saturated rings. The Hall–Kier alpha value is -1.89. The molecule has 0 N–H and O–H groups in total. The average Bonchev–Trinajstić information content (AvgIpc) is 3.05. The second-order valence-corrected chi connectivity index (χ2v) is 6.82. The monoisotopic (exact) mass is 325 g/mol. The molecule has 0 unspecified atom stereocenters. The van der Waals surface area contributed by atoms with Crippen molar-refractivity contribution in [1.82, 2.24) is 24.8 Å². The number of nitrogens with zero attached hydrogens (tertiary/aromatic N) is 5. The molecule has 118 valence electrons. The van der Waals surface area contributed by atoms with E-state index in [2.05, 4.69) is 42.3 Å². The fourth-order valence-corrected chi connectivity index (χ4v) is 3.63. The molecule has 4 heterocycles. The number of rotatable bonds is 4. The molecule has 3 aromatic rings. The molecule has 0 bridgehead atoms. The molecular weight excluding hydrogens is 306 g/mol. The predicted molar refractivity (Wildman–Crippen MR) is 92.2 cm³/mol. The van der Waals surface area contributed by atoms with Crippen molar-refractivity contribution in [3.63, 3.8) is 0 Å². The van der Waals surface area contributed by atoms with Gasteiger partial charge >= 0.3 is 0 Å². The lowest BCUT2D eigenvalue weighted by Gasteiger charge is -2.34. The topological polar surface area (TPSA) is 45.2 Å². The number of aromatic nitrogens is 3. The van der Waals surface area contributed by atoms with Crippen LogP contribution in [0, 0.1) is 0 Å². The van der Waals surface area contributed by atoms with E-state index in [0.717, 1.165) is 55.3 Å². The minimum Gasteiger partial charge on any atom is -0.296 e. The predicted octanol–water partition coefficient (Wildman–Crippen LogP) is 2.40. The molecule has 1 aliphatic heterocycles. The largest absolute Gasteiger partial charge is 0.296 e. The van der Waals surface area contributed by atoms with Gasteiger partial charge in [0.1, 0.15) is 5.82 Å². The average molecular weight is 325 g/mol. The third-order valence-corrected chi connectivity index (χ3v) is 5.05. The molecule has 1 saturated heterocycles. The van der Waals surface area contributed by atoms with Crippen LogP contribution in [0.1, 0.15) is 11.4 Å². The maximum Gasteiger partial charge on any atom is 0.143 e. The van der Waals surface area contributed by atoms with Gasteiger partial charge in [-0.1, -0.05) is 6.07 Å². The van der Waals surface area contributed by atoms with Crippen molar-refractivity contribution >= 4 is 21.6 Å². The van der Waals surface area contributed by atoms with Crippen molar-refractivity contribution in [2.45, 2.75) is 13.1 Å². The lowest BCUT2D eigenvalue weighted by Crippen LogP contribution is -2.45. The van der Waals surface area contributed by atoms with Gasteiger partial charge in [-0.3, -0.25) is 14.8 Å². The summed E-state index contributed by atoms with van der Waals surface area (Å²) >= 11 is 1.69. The van der Waals surface area contributed by atoms with Gasteiger partial charge in [0, 0.05) is 51.3 Å². The number of thiophene rings is 1. The minimum atomic E-state index is 0.840. The summed E-state index contributed by atoms with van der Waals surface area (Å²) in [6.45, 7) is 6.10. The summed E-state index contributed by atoms with van der Waals surface area (Å²) in [5.74, 6) is 0.927. The number of fused-ring (bicyclic) bond motifs is 1. The van der Waals surface area contributed by atoms with Gasteiger partial charge in [-0.15, -0.1) is 11.3 Å². The van der Waals surface area contributed by atoms with E-state index in [1.165, 1.54) is 5.56 Å². The molecule has 5 nitrogen and oxygen atoms in total. The van der Waals surface area contributed by atoms with Crippen LogP contribution in [0.5, 0.6) is 0 Å². The summed E-state index contributed by atoms with van der Waals surface area (Å²) in [6.07, 6.45) is 5.73. The molecule has 23 heavy (non-hydrogen) atoms. The molecule has 4 rings (SSSR count). The van der Waals surface area contributed by atoms with E-state index in [0.29, 0.717) is 0 Å². The van der Waals surface area contributed by atoms with Gasteiger partial charge in [0.25, 0.3) is 0 Å². The van der Waals surface area contributed by atoms with Gasteiger partial charge in [0.05, 0.1) is 16.8 Å². The molecular formula is C17H19N5S. The zero-order valence-corrected chi connectivity index (χ0v) is 13.7. The van der Waals surface area contributed by atoms with E-state index in [4.69, 9.17) is 0 Å². The molecule has 0 aromatic carbocycles. The summed E-state index contributed by atoms with van der Waals surface area (Å²) in [6, 6.07) is 6.21. The van der Waals surface area contributed by atoms with Gasteiger partial charge in [-0.05, 0) is 23.1 Å². The first-order valence-electron chi connectivity index (χ1n) is 7.89. The van der Waals surface area contributed by atoms with Crippen LogP contribution in [-0.2, 0) is 13.1 Å². The molecule has 0 amide bonds. The Morgan fingerprint density at radius 3 is 2.61 bits per heavy atom. The van der Waals surface area contributed by atoms with Crippen LogP contribution in [0.2, 0.25) is 0 Å². The van der Waals surface area contributed by atoms with Crippen LogP contribution in [0.15, 0.2) is 42.2 Å². The first-order chi connectivity index (χ1) is 11.4. The van der Waals surface area contributed by atoms with Gasteiger partial charge in [-0.2, -0.15) is 0 Å². The quantitative estimate of drug-likeness (QED) is 0.737. The van der Waals surface area contributed by atoms with Crippen LogP contribution in [0.3, 0.4) is 0 Å². The van der Waals surface area contributed by atoms with Gasteiger partial charge in [-0.25, -0.2) is 9.97 Å². The molecule has 6 heteroatoms. The van der Waals surface area contributed by atoms with Crippen LogP contribution >= 0.6 is 11.3 Å². The Balaban J connectivity index is 1.32. The first kappa shape index (κ1) is 14.7. The molecule has 0 radical (unpaired) electrons. The maximum atomic E-state index is 4.65. The number of pyridine rings is 1. The van der Waals surface area contributed by atoms with Crippen LogP contribution in [0.4, 0.5) is 0 Å². The van der Waals surface area contributed by atoms with Gasteiger partial charge < -0.3 is 0 Å². The number of hydrogen-bond donors (Lipinski definition) is 0. The standard InChI is InChI=1S/C17H19N5S/c1-2-14(10-18-4-1)12-21-5-7-22(8-6-21)13-17-19-11-16-15(20-17)3-9-23-16/h1-4,9-11H,5-8,12-13H2. The lowest BCUT2D eigenvalue weighted by atomic mass is 10.2. The van der Waals surface area contributed by atoms with Crippen LogP contribution in [-0.4, -0.2) is 50.9 Å². The van der Waals surface area contributed by atoms with Crippen LogP contribution in [0.25, 0.3) is 10.2 Å². The van der Waals surface area contributed by atoms with E-state index >= 15 is 0 Å². The highest BCUT2D eigenvalue weighted by Crippen LogP contribution is 2.18. The molecule has 0 aliphatic carbocycles. The highest BCUT2D eigenvalue weighted by atomic mass is 32.1. The fraction of sp³-hybridized carbons (Fsp3) is 0.353. The highest BCUT2D eigenvalue weighted by molar-refractivity contribution is 7.17. The maximum absolute atomic E-state index is 4.65. The highest BCUT2D eigenvalue weighted by Gasteiger charge is 2.18. The Kier molecular flexibility index (Phi) is 4.28. The van der Waals surface area contributed by atoms with Crippen molar-refractivity contribution < 1.29 is 0 Å². The summed E-state index contributed by atoms with van der Waals surface area (Å²) in [7, 11) is 0. The second-order valence-electron chi connectivity index (χ2n) is 5.87. The molecule has 1 aliphatic rings. The zero-order chi connectivity index (χ0) is 15.5. The van der Waals surface area contributed by atoms with Gasteiger partial charge in [0.15, 0.2) is 0 Å². The smallest absolute Gasteiger partial charge is 0.143 e. The SMILES string of the molecule is c1cncc(CN2CCN(Cc3ncc4sccc4n3)CC2)c1. The molecule has 0 atom stereocenters. The summed E-state index contributed by atoms with van der Waals surface area (Å²) < 4.78 is 1.16. The third-order valence-electron chi connectivity index (χ3n) is 4.21. The lowest BCUT2D eigenvalue weighted by molar-refractivity contribution is 0.120. The Bertz CT molecular complexity index is 765. The molecule has 3 aromatic heterocycles. The van der Waals surface area contributed by atoms with Crippen LogP contribution < -0.4 is 0 Å². The molecule has 0 saturated carbocycles. The van der Waals surface area contributed by atoms with E-state index in [-0.39, 0.29) is 0 Å². The Labute approximate surface area is 139 Å². The Morgan fingerprint density at radius 2 is 1.83 bits per heavy atom. The Morgan fingerprint density at radius 1 is 1.00 bits per heavy atom. The van der Waals surface area contributed by atoms with E-state index in [1.54, 1.807) is 11.3 Å². The van der Waals surface area contributed by atoms with Gasteiger partial charge in [0.2, 0.25) is 0 Å². The van der Waals surface area contributed by atoms with Crippen molar-refractivity contribution in [2.24, 2.45) is 0 Å². The second kappa shape index (κ2) is 6.70. The van der Waals surface area contributed by atoms with Crippen molar-refractivity contribution in [1.29, 1.82) is 0 Å². The fourth-order valence-electron chi connectivity index (χ4n) is 2.94. The molecule has 0 spiro atoms. The summed E-state index contributed by atoms with van der Waals surface area (Å²) in [5, 5.41) is 2.07. The van der Waals surface area contributed by atoms with Crippen molar-refractivity contribution in [3.8, 4) is 0 Å². The minimum absolute atomic E-state index is 0.840. The van der Waals surface area contributed by atoms with E-state index < -0.39 is 0 Å². The van der Waals surface area contributed by atoms with E-state index in [1.807, 2.05) is 24.7 Å². The zero-order valence-electron chi connectivity index (χ0n) is 12.9. The number of hydrogen-bond acceptors (Lipinski definition) is 6. The third kappa shape index (κ3) is 3.55. The summed E-state index contributed by atoms with van der Waals surface area (Å²) in [5.41, 5.74) is 2.35. The van der Waals surface area contributed by atoms with Crippen molar-refractivity contribution in [3.05, 3.63) is 53.6 Å². The number of piperazine rings is 1. The van der Waals surface area contributed by atoms with Crippen molar-refractivity contribution in [2.75, 3.05) is 26.2 Å². The first-order valence-corrected chi connectivity index (χ1v) is 8.77. The normalized spacial score (nSPS) is 16.9.